The Morgan fingerprint density at radius 3 is 2.70 bits per heavy atom. The minimum Gasteiger partial charge on any atom is -0.385 e. The summed E-state index contributed by atoms with van der Waals surface area (Å²) < 4.78 is 10.8. The average Bonchev–Trinajstić information content (AvgIpc) is 2.57. The zero-order valence-corrected chi connectivity index (χ0v) is 14.7. The van der Waals surface area contributed by atoms with Gasteiger partial charge in [-0.25, -0.2) is 0 Å². The summed E-state index contributed by atoms with van der Waals surface area (Å²) in [5.74, 6) is 1.24. The van der Waals surface area contributed by atoms with Crippen molar-refractivity contribution in [3.05, 3.63) is 35.9 Å². The van der Waals surface area contributed by atoms with E-state index in [1.54, 1.807) is 7.11 Å². The molecule has 0 amide bonds. The molecule has 130 valence electrons. The SMILES string of the molecule is CCNC(=NCC(C)COCc1ccccc1)NCCCOC. The van der Waals surface area contributed by atoms with Crippen molar-refractivity contribution in [2.24, 2.45) is 10.9 Å². The Labute approximate surface area is 140 Å². The van der Waals surface area contributed by atoms with Crippen LogP contribution < -0.4 is 10.6 Å². The Morgan fingerprint density at radius 2 is 2.00 bits per heavy atom. The minimum atomic E-state index is 0.383. The number of aliphatic imine (C=N–C) groups is 1. The van der Waals surface area contributed by atoms with Crippen molar-refractivity contribution < 1.29 is 9.47 Å². The van der Waals surface area contributed by atoms with Crippen molar-refractivity contribution in [1.29, 1.82) is 0 Å². The number of benzene rings is 1. The van der Waals surface area contributed by atoms with Gasteiger partial charge in [-0.2, -0.15) is 0 Å². The molecule has 0 spiro atoms. The fraction of sp³-hybridized carbons (Fsp3) is 0.611. The van der Waals surface area contributed by atoms with Gasteiger partial charge < -0.3 is 20.1 Å². The summed E-state index contributed by atoms with van der Waals surface area (Å²) in [5.41, 5.74) is 1.20. The van der Waals surface area contributed by atoms with Gasteiger partial charge in [-0.3, -0.25) is 4.99 Å². The molecule has 0 aliphatic heterocycles. The van der Waals surface area contributed by atoms with Crippen molar-refractivity contribution in [2.75, 3.05) is 40.0 Å². The number of nitrogens with one attached hydrogen (secondary N) is 2. The van der Waals surface area contributed by atoms with E-state index >= 15 is 0 Å². The number of ether oxygens (including phenoxy) is 2. The zero-order chi connectivity index (χ0) is 16.8. The summed E-state index contributed by atoms with van der Waals surface area (Å²) in [6.45, 7) is 8.81. The molecule has 0 radical (unpaired) electrons. The molecule has 1 unspecified atom stereocenters. The van der Waals surface area contributed by atoms with E-state index in [1.807, 2.05) is 18.2 Å². The zero-order valence-electron chi connectivity index (χ0n) is 14.7. The number of methoxy groups -OCH3 is 1. The van der Waals surface area contributed by atoms with E-state index in [1.165, 1.54) is 5.56 Å². The van der Waals surface area contributed by atoms with Crippen LogP contribution in [0.4, 0.5) is 0 Å². The van der Waals surface area contributed by atoms with E-state index in [2.05, 4.69) is 41.6 Å². The van der Waals surface area contributed by atoms with E-state index in [-0.39, 0.29) is 0 Å². The van der Waals surface area contributed by atoms with Gasteiger partial charge in [0.2, 0.25) is 0 Å². The molecule has 1 atom stereocenters. The molecule has 1 aromatic rings. The molecule has 0 saturated carbocycles. The second-order valence-corrected chi connectivity index (χ2v) is 5.60. The van der Waals surface area contributed by atoms with Crippen LogP contribution in [0.5, 0.6) is 0 Å². The second-order valence-electron chi connectivity index (χ2n) is 5.60. The first-order valence-corrected chi connectivity index (χ1v) is 8.39. The number of hydrogen-bond donors (Lipinski definition) is 2. The molecule has 0 saturated heterocycles. The quantitative estimate of drug-likeness (QED) is 0.373. The van der Waals surface area contributed by atoms with Gasteiger partial charge in [-0.05, 0) is 24.8 Å². The van der Waals surface area contributed by atoms with E-state index in [9.17, 15) is 0 Å². The predicted octanol–water partition coefficient (Wildman–Crippen LogP) is 2.43. The van der Waals surface area contributed by atoms with E-state index in [0.29, 0.717) is 19.1 Å². The topological polar surface area (TPSA) is 54.9 Å². The monoisotopic (exact) mass is 321 g/mol. The molecule has 0 fully saturated rings. The lowest BCUT2D eigenvalue weighted by Gasteiger charge is -2.13. The van der Waals surface area contributed by atoms with Crippen molar-refractivity contribution in [3.63, 3.8) is 0 Å². The van der Waals surface area contributed by atoms with Crippen LogP contribution in [0.3, 0.4) is 0 Å². The standard InChI is InChI=1S/C18H31N3O2/c1-4-19-18(20-11-8-12-22-3)21-13-16(2)14-23-15-17-9-6-5-7-10-17/h5-7,9-10,16H,4,8,11-15H2,1-3H3,(H2,19,20,21). The Hall–Kier alpha value is -1.59. The van der Waals surface area contributed by atoms with Crippen LogP contribution in [0.25, 0.3) is 0 Å². The smallest absolute Gasteiger partial charge is 0.191 e. The molecule has 2 N–H and O–H groups in total. The highest BCUT2D eigenvalue weighted by Crippen LogP contribution is 2.03. The van der Waals surface area contributed by atoms with Crippen LogP contribution in [-0.2, 0) is 16.1 Å². The highest BCUT2D eigenvalue weighted by molar-refractivity contribution is 5.79. The fourth-order valence-corrected chi connectivity index (χ4v) is 2.02. The summed E-state index contributed by atoms with van der Waals surface area (Å²) in [6, 6.07) is 10.2. The summed E-state index contributed by atoms with van der Waals surface area (Å²) in [4.78, 5) is 4.61. The molecule has 0 aliphatic rings. The molecule has 0 bridgehead atoms. The summed E-state index contributed by atoms with van der Waals surface area (Å²) >= 11 is 0. The third kappa shape index (κ3) is 9.92. The van der Waals surface area contributed by atoms with Crippen molar-refractivity contribution in [3.8, 4) is 0 Å². The highest BCUT2D eigenvalue weighted by Gasteiger charge is 2.03. The Balaban J connectivity index is 2.24. The Kier molecular flexibility index (Phi) is 10.9. The maximum Gasteiger partial charge on any atom is 0.191 e. The number of hydrogen-bond acceptors (Lipinski definition) is 3. The van der Waals surface area contributed by atoms with E-state index in [0.717, 1.165) is 38.6 Å². The van der Waals surface area contributed by atoms with Gasteiger partial charge in [0, 0.05) is 33.4 Å². The van der Waals surface area contributed by atoms with Gasteiger partial charge >= 0.3 is 0 Å². The van der Waals surface area contributed by atoms with Gasteiger partial charge in [0.25, 0.3) is 0 Å². The normalized spacial score (nSPS) is 12.9. The van der Waals surface area contributed by atoms with Gasteiger partial charge in [0.1, 0.15) is 0 Å². The molecule has 23 heavy (non-hydrogen) atoms. The highest BCUT2D eigenvalue weighted by atomic mass is 16.5. The van der Waals surface area contributed by atoms with Crippen molar-refractivity contribution in [1.82, 2.24) is 10.6 Å². The molecular weight excluding hydrogens is 290 g/mol. The maximum atomic E-state index is 5.76. The lowest BCUT2D eigenvalue weighted by Crippen LogP contribution is -2.38. The second kappa shape index (κ2) is 12.9. The van der Waals surface area contributed by atoms with Crippen LogP contribution in [0, 0.1) is 5.92 Å². The van der Waals surface area contributed by atoms with Crippen molar-refractivity contribution in [2.45, 2.75) is 26.9 Å². The lowest BCUT2D eigenvalue weighted by atomic mass is 10.2. The van der Waals surface area contributed by atoms with E-state index < -0.39 is 0 Å². The van der Waals surface area contributed by atoms with Crippen LogP contribution in [0.2, 0.25) is 0 Å². The van der Waals surface area contributed by atoms with E-state index in [4.69, 9.17) is 9.47 Å². The Bertz CT molecular complexity index is 424. The third-order valence-electron chi connectivity index (χ3n) is 3.24. The molecule has 5 nitrogen and oxygen atoms in total. The number of nitrogens with zero attached hydrogens (tertiary/aromatic N) is 1. The molecule has 1 aromatic carbocycles. The first-order valence-electron chi connectivity index (χ1n) is 8.39. The molecule has 5 heteroatoms. The summed E-state index contributed by atoms with van der Waals surface area (Å²) in [7, 11) is 1.72. The minimum absolute atomic E-state index is 0.383. The van der Waals surface area contributed by atoms with Crippen molar-refractivity contribution >= 4 is 5.96 Å². The first kappa shape index (κ1) is 19.5. The fourth-order valence-electron chi connectivity index (χ4n) is 2.02. The lowest BCUT2D eigenvalue weighted by molar-refractivity contribution is 0.0945. The summed E-state index contributed by atoms with van der Waals surface area (Å²) in [6.07, 6.45) is 0.969. The van der Waals surface area contributed by atoms with Crippen LogP contribution in [-0.4, -0.2) is 45.9 Å². The molecular formula is C18H31N3O2. The molecule has 0 heterocycles. The number of guanidine groups is 1. The predicted molar refractivity (Wildman–Crippen MR) is 95.7 cm³/mol. The molecule has 0 aromatic heterocycles. The first-order chi connectivity index (χ1) is 11.3. The molecule has 0 aliphatic carbocycles. The Morgan fingerprint density at radius 1 is 1.22 bits per heavy atom. The van der Waals surface area contributed by atoms with Crippen LogP contribution >= 0.6 is 0 Å². The molecule has 1 rings (SSSR count). The summed E-state index contributed by atoms with van der Waals surface area (Å²) in [5, 5.41) is 6.56. The average molecular weight is 321 g/mol. The van der Waals surface area contributed by atoms with Gasteiger partial charge in [0.15, 0.2) is 5.96 Å². The largest absolute Gasteiger partial charge is 0.385 e. The third-order valence-corrected chi connectivity index (χ3v) is 3.24. The van der Waals surface area contributed by atoms with Gasteiger partial charge in [-0.1, -0.05) is 37.3 Å². The number of rotatable bonds is 11. The van der Waals surface area contributed by atoms with Gasteiger partial charge in [-0.15, -0.1) is 0 Å². The van der Waals surface area contributed by atoms with Crippen LogP contribution in [0.1, 0.15) is 25.8 Å². The maximum absolute atomic E-state index is 5.76. The van der Waals surface area contributed by atoms with Crippen LogP contribution in [0.15, 0.2) is 35.3 Å². The van der Waals surface area contributed by atoms with Gasteiger partial charge in [0.05, 0.1) is 13.2 Å².